The number of nitrogen functional groups attached to an aromatic ring is 2. The summed E-state index contributed by atoms with van der Waals surface area (Å²) in [4.78, 5) is 26.0. The van der Waals surface area contributed by atoms with Crippen LogP contribution in [0.3, 0.4) is 0 Å². The Morgan fingerprint density at radius 1 is 0.636 bits per heavy atom. The number of pyridine rings is 2. The zero-order valence-corrected chi connectivity index (χ0v) is 39.3. The molecular formula is C47H45Br2ClN10O6. The first-order valence-corrected chi connectivity index (χ1v) is 23.6. The van der Waals surface area contributed by atoms with E-state index in [9.17, 15) is 20.4 Å². The summed E-state index contributed by atoms with van der Waals surface area (Å²) in [5.41, 5.74) is 16.7. The summed E-state index contributed by atoms with van der Waals surface area (Å²) in [7, 11) is 0. The monoisotopic (exact) mass is 1040 g/mol. The van der Waals surface area contributed by atoms with Crippen molar-refractivity contribution in [2.24, 2.45) is 10.8 Å². The number of fused-ring (bicyclic) bond motifs is 4. The zero-order chi connectivity index (χ0) is 45.8. The number of nitrogens with zero attached hydrogens (tertiary/aromatic N) is 8. The first-order chi connectivity index (χ1) is 31.7. The molecule has 12 rings (SSSR count). The van der Waals surface area contributed by atoms with E-state index >= 15 is 0 Å². The van der Waals surface area contributed by atoms with E-state index in [0.29, 0.717) is 61.3 Å². The van der Waals surface area contributed by atoms with Crippen molar-refractivity contribution in [3.63, 3.8) is 0 Å². The average Bonchev–Trinajstić information content (AvgIpc) is 4.18. The van der Waals surface area contributed by atoms with Crippen LogP contribution in [0.4, 0.5) is 11.6 Å². The molecule has 2 aromatic carbocycles. The molecule has 2 aliphatic heterocycles. The summed E-state index contributed by atoms with van der Waals surface area (Å²) in [6.45, 7) is 2.68. The number of ether oxygens (including phenoxy) is 2. The summed E-state index contributed by atoms with van der Waals surface area (Å²) < 4.78 is 17.8. The van der Waals surface area contributed by atoms with Gasteiger partial charge < -0.3 is 50.5 Å². The minimum absolute atomic E-state index is 0.187. The normalized spacial score (nSPS) is 29.6. The molecule has 2 spiro atoms. The Labute approximate surface area is 399 Å². The van der Waals surface area contributed by atoms with Gasteiger partial charge in [0.1, 0.15) is 52.9 Å². The molecule has 0 bridgehead atoms. The van der Waals surface area contributed by atoms with Crippen molar-refractivity contribution in [2.75, 3.05) is 24.7 Å². The highest BCUT2D eigenvalue weighted by molar-refractivity contribution is 9.11. The fourth-order valence-electron chi connectivity index (χ4n) is 10.9. The Morgan fingerprint density at radius 2 is 1.11 bits per heavy atom. The summed E-state index contributed by atoms with van der Waals surface area (Å²) in [5, 5.41) is 48.3. The van der Waals surface area contributed by atoms with E-state index in [1.807, 2.05) is 89.1 Å². The third-order valence-corrected chi connectivity index (χ3v) is 16.1. The SMILES string of the molecule is Cc1ncnc2c1ccn2[C@@H]1C[C@@]2(CO[C@H](c3ccc4cc(Br)c(N)nc4c3)C2)[C@@H](O)[C@H]1O.Nc1nc2cc([C@H]3C[C@@]4(CO3)C[C@@H](n3ccc5c(Cl)ncnc53)[C@H](O)[C@@H]4O)ccc2cc1Br. The van der Waals surface area contributed by atoms with Crippen LogP contribution >= 0.6 is 43.5 Å². The summed E-state index contributed by atoms with van der Waals surface area (Å²) >= 11 is 13.0. The first kappa shape index (κ1) is 43.7. The maximum absolute atomic E-state index is 11.1. The van der Waals surface area contributed by atoms with Crippen LogP contribution < -0.4 is 11.5 Å². The molecule has 19 heteroatoms. The number of halogens is 3. The van der Waals surface area contributed by atoms with Crippen molar-refractivity contribution in [2.45, 2.75) is 81.3 Å². The number of aryl methyl sites for hydroxylation is 1. The molecule has 2 aliphatic carbocycles. The lowest BCUT2D eigenvalue weighted by Gasteiger charge is -2.26. The van der Waals surface area contributed by atoms with E-state index in [1.165, 1.54) is 12.7 Å². The third kappa shape index (κ3) is 7.15. The Bertz CT molecular complexity index is 3000. The number of benzene rings is 2. The number of aromatic nitrogens is 8. The molecule has 10 atom stereocenters. The van der Waals surface area contributed by atoms with Crippen LogP contribution in [0.2, 0.25) is 5.15 Å². The van der Waals surface area contributed by atoms with E-state index in [4.69, 9.17) is 32.5 Å². The minimum atomic E-state index is -0.952. The Balaban J connectivity index is 0.000000146. The van der Waals surface area contributed by atoms with Gasteiger partial charge in [-0.25, -0.2) is 29.9 Å². The molecule has 16 nitrogen and oxygen atoms in total. The average molecular weight is 1040 g/mol. The second kappa shape index (κ2) is 16.4. The van der Waals surface area contributed by atoms with Gasteiger partial charge in [-0.1, -0.05) is 35.9 Å². The molecule has 2 saturated heterocycles. The fraction of sp³-hybridized carbons (Fsp3) is 0.362. The number of hydrogen-bond acceptors (Lipinski definition) is 14. The molecular weight excluding hydrogens is 996 g/mol. The van der Waals surface area contributed by atoms with Crippen LogP contribution in [0.25, 0.3) is 43.9 Å². The van der Waals surface area contributed by atoms with Crippen molar-refractivity contribution < 1.29 is 29.9 Å². The molecule has 8 N–H and O–H groups in total. The highest BCUT2D eigenvalue weighted by atomic mass is 79.9. The first-order valence-electron chi connectivity index (χ1n) is 21.6. The Hall–Kier alpha value is -4.89. The van der Waals surface area contributed by atoms with Gasteiger partial charge in [-0.05, 0) is 112 Å². The number of nitrogens with two attached hydrogens (primary N) is 2. The molecule has 2 saturated carbocycles. The predicted molar refractivity (Wildman–Crippen MR) is 255 cm³/mol. The molecule has 8 heterocycles. The van der Waals surface area contributed by atoms with Gasteiger partial charge in [-0.3, -0.25) is 0 Å². The van der Waals surface area contributed by atoms with Gasteiger partial charge in [0.2, 0.25) is 0 Å². The lowest BCUT2D eigenvalue weighted by molar-refractivity contribution is -0.0309. The standard InChI is InChI=1S/C24H24BrN5O3.C23H21BrClN5O3/c1-12-15-4-5-30(23(15)28-11-27-12)18-8-24(21(32)20(18)31)9-19(33-10-24)14-3-2-13-6-16(25)22(26)29-17(13)7-14;24-14-5-11-1-2-12(6-15(11)29-21(14)26)17-8-23(9-33-17)7-16(18(31)19(23)32)30-4-3-13-20(25)27-10-28-22(13)30/h2-7,11,18-21,31-32H,8-10H2,1H3,(H2,26,29);1-6,10,16-19,31-32H,7-9H2,(H2,26,29)/t18-,19+,20+,21+,24-;16-,17-,18+,19+,23-/m11/s1. The van der Waals surface area contributed by atoms with Gasteiger partial charge in [0.25, 0.3) is 0 Å². The topological polar surface area (TPSA) is 239 Å². The van der Waals surface area contributed by atoms with Crippen LogP contribution in [-0.2, 0) is 9.47 Å². The number of hydrogen-bond donors (Lipinski definition) is 6. The van der Waals surface area contributed by atoms with E-state index in [0.717, 1.165) is 64.0 Å². The number of aliphatic hydroxyl groups is 4. The van der Waals surface area contributed by atoms with Crippen LogP contribution in [0.15, 0.2) is 94.7 Å². The molecule has 4 fully saturated rings. The fourth-order valence-corrected chi connectivity index (χ4v) is 11.8. The van der Waals surface area contributed by atoms with Crippen molar-refractivity contribution in [3.8, 4) is 0 Å². The molecule has 8 aromatic rings. The van der Waals surface area contributed by atoms with E-state index in [-0.39, 0.29) is 24.3 Å². The van der Waals surface area contributed by atoms with Crippen LogP contribution in [0.1, 0.15) is 66.8 Å². The lowest BCUT2D eigenvalue weighted by atomic mass is 9.80. The molecule has 340 valence electrons. The molecule has 0 radical (unpaired) electrons. The van der Waals surface area contributed by atoms with Gasteiger partial charge >= 0.3 is 0 Å². The van der Waals surface area contributed by atoms with Gasteiger partial charge in [0, 0.05) is 39.4 Å². The van der Waals surface area contributed by atoms with Crippen molar-refractivity contribution in [1.29, 1.82) is 0 Å². The number of rotatable bonds is 4. The van der Waals surface area contributed by atoms with Gasteiger partial charge in [0.05, 0.1) is 80.8 Å². The summed E-state index contributed by atoms with van der Waals surface area (Å²) in [6.07, 6.45) is 5.01. The van der Waals surface area contributed by atoms with Crippen LogP contribution in [0, 0.1) is 17.8 Å². The zero-order valence-electron chi connectivity index (χ0n) is 35.4. The van der Waals surface area contributed by atoms with E-state index in [2.05, 4.69) is 61.8 Å². The Morgan fingerprint density at radius 3 is 1.62 bits per heavy atom. The molecule has 0 unspecified atom stereocenters. The largest absolute Gasteiger partial charge is 0.390 e. The number of aliphatic hydroxyl groups excluding tert-OH is 4. The van der Waals surface area contributed by atoms with Gasteiger partial charge in [0.15, 0.2) is 0 Å². The minimum Gasteiger partial charge on any atom is -0.390 e. The van der Waals surface area contributed by atoms with Crippen molar-refractivity contribution in [1.82, 2.24) is 39.0 Å². The molecule has 4 aliphatic rings. The summed E-state index contributed by atoms with van der Waals surface area (Å²) in [6, 6.07) is 19.1. The molecule has 66 heavy (non-hydrogen) atoms. The second-order valence-electron chi connectivity index (χ2n) is 18.3. The van der Waals surface area contributed by atoms with Gasteiger partial charge in [-0.15, -0.1) is 0 Å². The maximum atomic E-state index is 11.1. The summed E-state index contributed by atoms with van der Waals surface area (Å²) in [5.74, 6) is 0.877. The van der Waals surface area contributed by atoms with Crippen molar-refractivity contribution in [3.05, 3.63) is 117 Å². The highest BCUT2D eigenvalue weighted by Crippen LogP contribution is 2.56. The molecule has 0 amide bonds. The van der Waals surface area contributed by atoms with E-state index in [1.54, 1.807) is 0 Å². The second-order valence-corrected chi connectivity index (χ2v) is 20.4. The van der Waals surface area contributed by atoms with Gasteiger partial charge in [-0.2, -0.15) is 0 Å². The van der Waals surface area contributed by atoms with E-state index < -0.39 is 35.2 Å². The highest BCUT2D eigenvalue weighted by Gasteiger charge is 2.58. The quantitative estimate of drug-likeness (QED) is 0.0954. The Kier molecular flexibility index (Phi) is 10.9. The van der Waals surface area contributed by atoms with Crippen molar-refractivity contribution >= 4 is 99.0 Å². The third-order valence-electron chi connectivity index (χ3n) is 14.5. The molecule has 6 aromatic heterocycles. The smallest absolute Gasteiger partial charge is 0.145 e. The lowest BCUT2D eigenvalue weighted by Crippen LogP contribution is -2.37. The number of anilines is 2. The van der Waals surface area contributed by atoms with Crippen LogP contribution in [0.5, 0.6) is 0 Å². The van der Waals surface area contributed by atoms with Crippen LogP contribution in [-0.4, -0.2) is 97.1 Å². The maximum Gasteiger partial charge on any atom is 0.145 e. The predicted octanol–water partition coefficient (Wildman–Crippen LogP) is 7.24.